The van der Waals surface area contributed by atoms with E-state index in [0.717, 1.165) is 15.8 Å². The molecule has 6 nitrogen and oxygen atoms in total. The molecule has 2 rings (SSSR count). The number of carbonyl (C=O) groups is 2. The number of aromatic carboxylic acids is 1. The van der Waals surface area contributed by atoms with Crippen LogP contribution in [0.15, 0.2) is 28.7 Å². The third-order valence-corrected chi connectivity index (χ3v) is 4.74. The molecule has 0 fully saturated rings. The first kappa shape index (κ1) is 17.4. The van der Waals surface area contributed by atoms with Crippen molar-refractivity contribution in [3.63, 3.8) is 0 Å². The van der Waals surface area contributed by atoms with Crippen molar-refractivity contribution in [3.8, 4) is 5.75 Å². The lowest BCUT2D eigenvalue weighted by atomic mass is 10.3. The summed E-state index contributed by atoms with van der Waals surface area (Å²) in [5, 5.41) is 12.3. The van der Waals surface area contributed by atoms with E-state index < -0.39 is 5.97 Å². The number of aryl methyl sites for hydroxylation is 1. The van der Waals surface area contributed by atoms with Gasteiger partial charge in [-0.05, 0) is 32.0 Å². The number of hydrogen-bond donors (Lipinski definition) is 2. The molecule has 1 heterocycles. The molecule has 0 saturated heterocycles. The number of carboxylic acids is 1. The molecule has 1 aromatic heterocycles. The number of thiazole rings is 1. The van der Waals surface area contributed by atoms with Gasteiger partial charge in [-0.2, -0.15) is 0 Å². The first-order chi connectivity index (χ1) is 10.9. The summed E-state index contributed by atoms with van der Waals surface area (Å²) >= 11 is 4.39. The summed E-state index contributed by atoms with van der Waals surface area (Å²) in [4.78, 5) is 27.3. The number of nitrogens with zero attached hydrogens (tertiary/aromatic N) is 1. The smallest absolute Gasteiger partial charge is 0.347 e. The molecular formula is C15H15BrN2O4S. The second-order valence-electron chi connectivity index (χ2n) is 4.81. The van der Waals surface area contributed by atoms with Crippen LogP contribution < -0.4 is 10.1 Å². The molecule has 0 radical (unpaired) electrons. The van der Waals surface area contributed by atoms with Crippen molar-refractivity contribution in [2.24, 2.45) is 0 Å². The van der Waals surface area contributed by atoms with E-state index in [1.807, 2.05) is 12.1 Å². The van der Waals surface area contributed by atoms with Crippen LogP contribution in [0.5, 0.6) is 5.75 Å². The summed E-state index contributed by atoms with van der Waals surface area (Å²) < 4.78 is 6.26. The Kier molecular flexibility index (Phi) is 5.73. The molecule has 1 amide bonds. The first-order valence-electron chi connectivity index (χ1n) is 6.75. The van der Waals surface area contributed by atoms with E-state index in [1.165, 1.54) is 0 Å². The van der Waals surface area contributed by atoms with Crippen molar-refractivity contribution in [2.45, 2.75) is 19.9 Å². The fourth-order valence-corrected chi connectivity index (χ4v) is 3.14. The molecule has 0 aliphatic carbocycles. The van der Waals surface area contributed by atoms with Crippen molar-refractivity contribution in [1.29, 1.82) is 0 Å². The minimum atomic E-state index is -1.01. The van der Waals surface area contributed by atoms with Crippen LogP contribution in [0.25, 0.3) is 0 Å². The quantitative estimate of drug-likeness (QED) is 0.779. The highest BCUT2D eigenvalue weighted by Gasteiger charge is 2.19. The average molecular weight is 399 g/mol. The van der Waals surface area contributed by atoms with Crippen molar-refractivity contribution < 1.29 is 19.4 Å². The molecule has 0 bridgehead atoms. The van der Waals surface area contributed by atoms with Gasteiger partial charge in [0.15, 0.2) is 6.61 Å². The highest BCUT2D eigenvalue weighted by Crippen LogP contribution is 2.23. The van der Waals surface area contributed by atoms with E-state index in [-0.39, 0.29) is 23.4 Å². The predicted molar refractivity (Wildman–Crippen MR) is 90.0 cm³/mol. The van der Waals surface area contributed by atoms with Crippen molar-refractivity contribution in [2.75, 3.05) is 6.61 Å². The van der Waals surface area contributed by atoms with E-state index in [9.17, 15) is 9.59 Å². The molecule has 0 spiro atoms. The largest absolute Gasteiger partial charge is 0.484 e. The van der Waals surface area contributed by atoms with Gasteiger partial charge in [0.05, 0.1) is 11.7 Å². The maximum Gasteiger partial charge on any atom is 0.347 e. The van der Waals surface area contributed by atoms with Crippen LogP contribution >= 0.6 is 27.3 Å². The highest BCUT2D eigenvalue weighted by molar-refractivity contribution is 9.10. The lowest BCUT2D eigenvalue weighted by molar-refractivity contribution is -0.123. The Hall–Kier alpha value is -1.93. The monoisotopic (exact) mass is 398 g/mol. The Bertz CT molecular complexity index is 732. The number of benzene rings is 1. The second-order valence-corrected chi connectivity index (χ2v) is 6.75. The van der Waals surface area contributed by atoms with E-state index in [4.69, 9.17) is 9.84 Å². The SMILES string of the molecule is Cc1nc(C(C)NC(=O)COc2cccc(Br)c2)sc1C(=O)O. The number of hydrogen-bond acceptors (Lipinski definition) is 5. The standard InChI is InChI=1S/C15H15BrN2O4S/c1-8-13(15(20)21)23-14(18-8)9(2)17-12(19)7-22-11-5-3-4-10(16)6-11/h3-6,9H,7H2,1-2H3,(H,17,19)(H,20,21). The number of ether oxygens (including phenoxy) is 1. The number of amides is 1. The summed E-state index contributed by atoms with van der Waals surface area (Å²) in [6.07, 6.45) is 0. The number of carboxylic acid groups (broad SMARTS) is 1. The fraction of sp³-hybridized carbons (Fsp3) is 0.267. The second kappa shape index (κ2) is 7.56. The molecule has 1 aromatic carbocycles. The molecular weight excluding hydrogens is 384 g/mol. The molecule has 0 aliphatic heterocycles. The Morgan fingerprint density at radius 2 is 2.22 bits per heavy atom. The van der Waals surface area contributed by atoms with Gasteiger partial charge < -0.3 is 15.2 Å². The molecule has 2 aromatic rings. The van der Waals surface area contributed by atoms with Crippen LogP contribution in [0.4, 0.5) is 0 Å². The Morgan fingerprint density at radius 1 is 1.48 bits per heavy atom. The number of carbonyl (C=O) groups excluding carboxylic acids is 1. The van der Waals surface area contributed by atoms with E-state index in [1.54, 1.807) is 26.0 Å². The predicted octanol–water partition coefficient (Wildman–Crippen LogP) is 3.17. The summed E-state index contributed by atoms with van der Waals surface area (Å²) in [5.74, 6) is -0.731. The summed E-state index contributed by atoms with van der Waals surface area (Å²) in [7, 11) is 0. The van der Waals surface area contributed by atoms with Gasteiger partial charge in [-0.25, -0.2) is 9.78 Å². The van der Waals surface area contributed by atoms with E-state index in [0.29, 0.717) is 16.5 Å². The van der Waals surface area contributed by atoms with E-state index >= 15 is 0 Å². The Balaban J connectivity index is 1.92. The Morgan fingerprint density at radius 3 is 2.83 bits per heavy atom. The number of rotatable bonds is 6. The molecule has 23 heavy (non-hydrogen) atoms. The van der Waals surface area contributed by atoms with Gasteiger partial charge in [-0.15, -0.1) is 11.3 Å². The lowest BCUT2D eigenvalue weighted by Crippen LogP contribution is -2.31. The fourth-order valence-electron chi connectivity index (χ4n) is 1.85. The van der Waals surface area contributed by atoms with Crippen molar-refractivity contribution >= 4 is 39.1 Å². The van der Waals surface area contributed by atoms with Gasteiger partial charge in [0.2, 0.25) is 0 Å². The molecule has 0 aliphatic rings. The van der Waals surface area contributed by atoms with Crippen LogP contribution in [-0.2, 0) is 4.79 Å². The topological polar surface area (TPSA) is 88.5 Å². The van der Waals surface area contributed by atoms with Crippen LogP contribution in [0.3, 0.4) is 0 Å². The average Bonchev–Trinajstić information content (AvgIpc) is 2.87. The maximum atomic E-state index is 11.9. The number of halogens is 1. The van der Waals surface area contributed by atoms with Crippen LogP contribution in [0, 0.1) is 6.92 Å². The molecule has 122 valence electrons. The highest BCUT2D eigenvalue weighted by atomic mass is 79.9. The minimum absolute atomic E-state index is 0.128. The zero-order valence-corrected chi connectivity index (χ0v) is 14.9. The zero-order chi connectivity index (χ0) is 17.0. The Labute approximate surface area is 145 Å². The molecule has 1 unspecified atom stereocenters. The number of nitrogens with one attached hydrogen (secondary N) is 1. The third kappa shape index (κ3) is 4.77. The third-order valence-electron chi connectivity index (χ3n) is 2.92. The maximum absolute atomic E-state index is 11.9. The zero-order valence-electron chi connectivity index (χ0n) is 12.5. The van der Waals surface area contributed by atoms with Crippen LogP contribution in [0.2, 0.25) is 0 Å². The van der Waals surface area contributed by atoms with Crippen LogP contribution in [-0.4, -0.2) is 28.6 Å². The summed E-state index contributed by atoms with van der Waals surface area (Å²) in [6.45, 7) is 3.26. The first-order valence-corrected chi connectivity index (χ1v) is 8.36. The normalized spacial score (nSPS) is 11.8. The molecule has 0 saturated carbocycles. The molecule has 1 atom stereocenters. The van der Waals surface area contributed by atoms with Gasteiger partial charge in [-0.3, -0.25) is 4.79 Å². The molecule has 8 heteroatoms. The van der Waals surface area contributed by atoms with E-state index in [2.05, 4.69) is 26.2 Å². The number of aromatic nitrogens is 1. The lowest BCUT2D eigenvalue weighted by Gasteiger charge is -2.12. The summed E-state index contributed by atoms with van der Waals surface area (Å²) in [5.41, 5.74) is 0.448. The summed E-state index contributed by atoms with van der Waals surface area (Å²) in [6, 6.07) is 6.81. The van der Waals surface area contributed by atoms with Crippen molar-refractivity contribution in [3.05, 3.63) is 44.3 Å². The van der Waals surface area contributed by atoms with Gasteiger partial charge in [-0.1, -0.05) is 22.0 Å². The van der Waals surface area contributed by atoms with Crippen LogP contribution in [0.1, 0.15) is 33.3 Å². The minimum Gasteiger partial charge on any atom is -0.484 e. The van der Waals surface area contributed by atoms with Gasteiger partial charge in [0.25, 0.3) is 5.91 Å². The van der Waals surface area contributed by atoms with Gasteiger partial charge in [0, 0.05) is 4.47 Å². The van der Waals surface area contributed by atoms with Gasteiger partial charge in [0.1, 0.15) is 15.6 Å². The van der Waals surface area contributed by atoms with Gasteiger partial charge >= 0.3 is 5.97 Å². The van der Waals surface area contributed by atoms with Crippen molar-refractivity contribution in [1.82, 2.24) is 10.3 Å². The molecule has 2 N–H and O–H groups in total.